The van der Waals surface area contributed by atoms with Crippen LogP contribution in [0.15, 0.2) is 12.3 Å². The predicted molar refractivity (Wildman–Crippen MR) is 86.6 cm³/mol. The number of rotatable bonds is 5. The number of aromatic nitrogens is 1. The van der Waals surface area contributed by atoms with Gasteiger partial charge in [-0.1, -0.05) is 26.2 Å². The highest BCUT2D eigenvalue weighted by Gasteiger charge is 2.19. The van der Waals surface area contributed by atoms with Crippen LogP contribution in [-0.4, -0.2) is 24.5 Å². The van der Waals surface area contributed by atoms with Crippen LogP contribution in [0.1, 0.15) is 55.1 Å². The van der Waals surface area contributed by atoms with Crippen molar-refractivity contribution in [3.05, 3.63) is 23.5 Å². The van der Waals surface area contributed by atoms with Crippen LogP contribution in [0.5, 0.6) is 0 Å². The fourth-order valence-corrected chi connectivity index (χ4v) is 3.25. The van der Waals surface area contributed by atoms with Crippen molar-refractivity contribution in [3.63, 3.8) is 0 Å². The Morgan fingerprint density at radius 3 is 2.95 bits per heavy atom. The maximum Gasteiger partial charge on any atom is 0.254 e. The van der Waals surface area contributed by atoms with Crippen molar-refractivity contribution in [1.29, 1.82) is 0 Å². The monoisotopic (exact) mass is 289 g/mol. The number of anilines is 1. The van der Waals surface area contributed by atoms with E-state index in [2.05, 4.69) is 22.5 Å². The molecule has 0 saturated heterocycles. The Morgan fingerprint density at radius 1 is 1.43 bits per heavy atom. The van der Waals surface area contributed by atoms with Crippen molar-refractivity contribution in [2.24, 2.45) is 11.8 Å². The Morgan fingerprint density at radius 2 is 2.24 bits per heavy atom. The maximum atomic E-state index is 12.3. The molecule has 1 aliphatic carbocycles. The normalized spacial score (nSPS) is 21.9. The van der Waals surface area contributed by atoms with Gasteiger partial charge in [-0.3, -0.25) is 9.78 Å². The lowest BCUT2D eigenvalue weighted by molar-refractivity contribution is 0.0950. The average Bonchev–Trinajstić information content (AvgIpc) is 2.47. The summed E-state index contributed by atoms with van der Waals surface area (Å²) in [5.41, 5.74) is 2.37. The number of pyridine rings is 1. The molecule has 21 heavy (non-hydrogen) atoms. The number of carbonyl (C=O) groups is 1. The first-order valence-electron chi connectivity index (χ1n) is 8.02. The number of nitrogens with one attached hydrogen (secondary N) is 2. The molecule has 4 heteroatoms. The van der Waals surface area contributed by atoms with Gasteiger partial charge >= 0.3 is 0 Å². The molecule has 2 atom stereocenters. The van der Waals surface area contributed by atoms with Crippen molar-refractivity contribution in [3.8, 4) is 0 Å². The Hall–Kier alpha value is -1.58. The van der Waals surface area contributed by atoms with E-state index in [1.807, 2.05) is 20.0 Å². The lowest BCUT2D eigenvalue weighted by atomic mass is 9.81. The van der Waals surface area contributed by atoms with Gasteiger partial charge < -0.3 is 10.6 Å². The minimum Gasteiger partial charge on any atom is -0.387 e. The number of aryl methyl sites for hydroxylation is 1. The second-order valence-corrected chi connectivity index (χ2v) is 6.30. The molecule has 0 spiro atoms. The largest absolute Gasteiger partial charge is 0.387 e. The van der Waals surface area contributed by atoms with Crippen LogP contribution in [0.2, 0.25) is 0 Å². The van der Waals surface area contributed by atoms with Crippen LogP contribution in [0.4, 0.5) is 5.69 Å². The minimum absolute atomic E-state index is 0.0318. The van der Waals surface area contributed by atoms with E-state index in [9.17, 15) is 4.79 Å². The fraction of sp³-hybridized carbons (Fsp3) is 0.647. The van der Waals surface area contributed by atoms with Crippen LogP contribution in [0.3, 0.4) is 0 Å². The van der Waals surface area contributed by atoms with Crippen molar-refractivity contribution in [2.45, 2.75) is 46.0 Å². The van der Waals surface area contributed by atoms with Gasteiger partial charge in [-0.2, -0.15) is 0 Å². The van der Waals surface area contributed by atoms with E-state index in [-0.39, 0.29) is 5.91 Å². The van der Waals surface area contributed by atoms with Gasteiger partial charge in [0.1, 0.15) is 0 Å². The standard InChI is InChI=1S/C17H27N3O/c1-12-5-4-6-14(9-12)7-8-19-17(21)15-11-20-13(2)10-16(15)18-3/h10-12,14H,4-9H2,1-3H3,(H,18,20)(H,19,21). The van der Waals surface area contributed by atoms with Gasteiger partial charge in [0.25, 0.3) is 5.91 Å². The van der Waals surface area contributed by atoms with Gasteiger partial charge in [0, 0.05) is 25.5 Å². The second kappa shape index (κ2) is 7.43. The Labute approximate surface area is 127 Å². The third-order valence-electron chi connectivity index (χ3n) is 4.44. The molecule has 1 aromatic rings. The third-order valence-corrected chi connectivity index (χ3v) is 4.44. The Balaban J connectivity index is 1.84. The fourth-order valence-electron chi connectivity index (χ4n) is 3.25. The summed E-state index contributed by atoms with van der Waals surface area (Å²) in [6.07, 6.45) is 8.07. The van der Waals surface area contributed by atoms with Crippen molar-refractivity contribution in [2.75, 3.05) is 18.9 Å². The molecule has 2 unspecified atom stereocenters. The molecule has 0 radical (unpaired) electrons. The summed E-state index contributed by atoms with van der Waals surface area (Å²) in [4.78, 5) is 16.5. The summed E-state index contributed by atoms with van der Waals surface area (Å²) < 4.78 is 0. The van der Waals surface area contributed by atoms with Crippen LogP contribution in [0.25, 0.3) is 0 Å². The lowest BCUT2D eigenvalue weighted by Gasteiger charge is -2.26. The molecule has 0 aliphatic heterocycles. The lowest BCUT2D eigenvalue weighted by Crippen LogP contribution is -2.27. The van der Waals surface area contributed by atoms with E-state index >= 15 is 0 Å². The van der Waals surface area contributed by atoms with Gasteiger partial charge in [-0.15, -0.1) is 0 Å². The van der Waals surface area contributed by atoms with Gasteiger partial charge in [0.05, 0.1) is 11.3 Å². The maximum absolute atomic E-state index is 12.3. The molecular formula is C17H27N3O. The van der Waals surface area contributed by atoms with E-state index in [4.69, 9.17) is 0 Å². The predicted octanol–water partition coefficient (Wildman–Crippen LogP) is 3.38. The molecule has 0 aromatic carbocycles. The summed E-state index contributed by atoms with van der Waals surface area (Å²) in [5.74, 6) is 1.58. The molecule has 4 nitrogen and oxygen atoms in total. The molecule has 1 amide bonds. The summed E-state index contributed by atoms with van der Waals surface area (Å²) in [6.45, 7) is 5.02. The zero-order chi connectivity index (χ0) is 15.2. The van der Waals surface area contributed by atoms with Crippen LogP contribution >= 0.6 is 0 Å². The van der Waals surface area contributed by atoms with E-state index < -0.39 is 0 Å². The van der Waals surface area contributed by atoms with Crippen LogP contribution in [-0.2, 0) is 0 Å². The average molecular weight is 289 g/mol. The SMILES string of the molecule is CNc1cc(C)ncc1C(=O)NCCC1CCCC(C)C1. The van der Waals surface area contributed by atoms with Crippen molar-refractivity contribution >= 4 is 11.6 Å². The quantitative estimate of drug-likeness (QED) is 0.873. The highest BCUT2D eigenvalue weighted by Crippen LogP contribution is 2.30. The molecule has 1 heterocycles. The zero-order valence-corrected chi connectivity index (χ0v) is 13.4. The summed E-state index contributed by atoms with van der Waals surface area (Å²) in [6, 6.07) is 1.90. The highest BCUT2D eigenvalue weighted by atomic mass is 16.1. The van der Waals surface area contributed by atoms with Crippen LogP contribution in [0, 0.1) is 18.8 Å². The van der Waals surface area contributed by atoms with Gasteiger partial charge in [0.2, 0.25) is 0 Å². The number of amides is 1. The second-order valence-electron chi connectivity index (χ2n) is 6.30. The number of carbonyl (C=O) groups excluding carboxylic acids is 1. The first-order chi connectivity index (χ1) is 10.1. The molecule has 116 valence electrons. The molecule has 1 fully saturated rings. The molecule has 1 aromatic heterocycles. The Bertz CT molecular complexity index is 487. The molecule has 0 bridgehead atoms. The van der Waals surface area contributed by atoms with E-state index in [1.54, 1.807) is 6.20 Å². The molecular weight excluding hydrogens is 262 g/mol. The van der Waals surface area contributed by atoms with Crippen molar-refractivity contribution < 1.29 is 4.79 Å². The number of hydrogen-bond acceptors (Lipinski definition) is 3. The van der Waals surface area contributed by atoms with E-state index in [0.29, 0.717) is 5.56 Å². The summed E-state index contributed by atoms with van der Waals surface area (Å²) in [7, 11) is 1.83. The summed E-state index contributed by atoms with van der Waals surface area (Å²) in [5, 5.41) is 6.10. The van der Waals surface area contributed by atoms with Gasteiger partial charge in [0.15, 0.2) is 0 Å². The topological polar surface area (TPSA) is 54.0 Å². The minimum atomic E-state index is -0.0318. The van der Waals surface area contributed by atoms with E-state index in [0.717, 1.165) is 36.2 Å². The molecule has 2 rings (SSSR count). The van der Waals surface area contributed by atoms with Gasteiger partial charge in [-0.05, 0) is 37.7 Å². The zero-order valence-electron chi connectivity index (χ0n) is 13.4. The third kappa shape index (κ3) is 4.45. The van der Waals surface area contributed by atoms with Gasteiger partial charge in [-0.25, -0.2) is 0 Å². The Kier molecular flexibility index (Phi) is 5.59. The molecule has 2 N–H and O–H groups in total. The smallest absolute Gasteiger partial charge is 0.254 e. The number of hydrogen-bond donors (Lipinski definition) is 2. The highest BCUT2D eigenvalue weighted by molar-refractivity contribution is 5.99. The van der Waals surface area contributed by atoms with E-state index in [1.165, 1.54) is 25.7 Å². The number of nitrogens with zero attached hydrogens (tertiary/aromatic N) is 1. The van der Waals surface area contributed by atoms with Crippen LogP contribution < -0.4 is 10.6 Å². The first kappa shape index (κ1) is 15.8. The summed E-state index contributed by atoms with van der Waals surface area (Å²) >= 11 is 0. The van der Waals surface area contributed by atoms with Crippen molar-refractivity contribution in [1.82, 2.24) is 10.3 Å². The molecule has 1 aliphatic rings. The first-order valence-corrected chi connectivity index (χ1v) is 8.02. The molecule has 1 saturated carbocycles.